The van der Waals surface area contributed by atoms with Crippen LogP contribution in [0.4, 0.5) is 13.2 Å². The van der Waals surface area contributed by atoms with Crippen molar-refractivity contribution < 1.29 is 41.3 Å². The molecule has 1 aliphatic heterocycles. The second-order valence-corrected chi connectivity index (χ2v) is 6.51. The number of aromatic nitrogens is 3. The Morgan fingerprint density at radius 3 is 2.54 bits per heavy atom. The fraction of sp³-hybridized carbons (Fsp3) is 0.667. The molecule has 0 saturated carbocycles. The molecule has 2 heterocycles. The van der Waals surface area contributed by atoms with E-state index in [0.717, 1.165) is 11.0 Å². The van der Waals surface area contributed by atoms with Crippen LogP contribution in [-0.2, 0) is 14.8 Å². The molecule has 0 bridgehead atoms. The lowest BCUT2D eigenvalue weighted by Crippen LogP contribution is -2.44. The van der Waals surface area contributed by atoms with Crippen molar-refractivity contribution in [2.75, 3.05) is 6.54 Å². The molecule has 0 spiro atoms. The maximum absolute atomic E-state index is 12.2. The zero-order valence-electron chi connectivity index (χ0n) is 11.6. The summed E-state index contributed by atoms with van der Waals surface area (Å²) in [7, 11) is -5.63. The number of primary amides is 1. The zero-order chi connectivity index (χ0) is 18.3. The molecule has 11 nitrogen and oxygen atoms in total. The lowest BCUT2D eigenvalue weighted by Gasteiger charge is -2.16. The van der Waals surface area contributed by atoms with Crippen molar-refractivity contribution in [3.05, 3.63) is 12.2 Å². The van der Waals surface area contributed by atoms with Gasteiger partial charge in [0.15, 0.2) is 6.23 Å². The summed E-state index contributed by atoms with van der Waals surface area (Å²) in [5.74, 6) is -1.39. The molecule has 1 aromatic rings. The Morgan fingerprint density at radius 2 is 2.04 bits per heavy atom. The molecular formula is C9H12F3N5O6S. The van der Waals surface area contributed by atoms with Gasteiger partial charge in [-0.05, 0) is 0 Å². The first-order valence-corrected chi connectivity index (χ1v) is 7.71. The largest absolute Gasteiger partial charge is 0.511 e. The van der Waals surface area contributed by atoms with Gasteiger partial charge in [-0.3, -0.25) is 4.79 Å². The van der Waals surface area contributed by atoms with Crippen molar-refractivity contribution in [2.45, 2.75) is 30.0 Å². The van der Waals surface area contributed by atoms with Crippen molar-refractivity contribution in [3.8, 4) is 0 Å². The Morgan fingerprint density at radius 1 is 1.42 bits per heavy atom. The molecule has 0 unspecified atom stereocenters. The van der Waals surface area contributed by atoms with Crippen LogP contribution >= 0.6 is 0 Å². The topological polar surface area (TPSA) is 170 Å². The number of rotatable bonds is 5. The van der Waals surface area contributed by atoms with Gasteiger partial charge in [-0.2, -0.15) is 13.2 Å². The third kappa shape index (κ3) is 3.48. The van der Waals surface area contributed by atoms with Gasteiger partial charge >= 0.3 is 15.5 Å². The highest BCUT2D eigenvalue weighted by atomic mass is 32.2. The number of alkyl halides is 3. The summed E-state index contributed by atoms with van der Waals surface area (Å²) in [6, 6.07) is 0. The molecule has 24 heavy (non-hydrogen) atoms. The molecule has 1 fully saturated rings. The highest BCUT2D eigenvalue weighted by Crippen LogP contribution is 2.29. The molecule has 1 saturated heterocycles. The quantitative estimate of drug-likeness (QED) is 0.435. The number of nitrogens with zero attached hydrogens (tertiary/aromatic N) is 3. The molecule has 1 aromatic heterocycles. The summed E-state index contributed by atoms with van der Waals surface area (Å²) in [4.78, 5) is 14.4. The molecule has 2 rings (SSSR count). The van der Waals surface area contributed by atoms with Crippen molar-refractivity contribution >= 4 is 15.9 Å². The molecule has 4 atom stereocenters. The number of aliphatic hydroxyl groups excluding tert-OH is 2. The molecule has 0 radical (unpaired) electrons. The molecule has 136 valence electrons. The van der Waals surface area contributed by atoms with Crippen LogP contribution in [0.25, 0.3) is 0 Å². The van der Waals surface area contributed by atoms with Gasteiger partial charge in [0.2, 0.25) is 5.82 Å². The number of amides is 1. The first-order valence-electron chi connectivity index (χ1n) is 6.22. The van der Waals surface area contributed by atoms with Crippen LogP contribution in [0.3, 0.4) is 0 Å². The minimum Gasteiger partial charge on any atom is -0.387 e. The van der Waals surface area contributed by atoms with Crippen LogP contribution in [0.5, 0.6) is 0 Å². The SMILES string of the molecule is NC(=O)c1ncn([C@@H]2O[C@H](CNS(=O)(=O)C(F)(F)F)[C@@H](O)[C@H]2O)n1. The Bertz CT molecular complexity index is 722. The van der Waals surface area contributed by atoms with Gasteiger partial charge in [0, 0.05) is 6.54 Å². The Labute approximate surface area is 132 Å². The Hall–Kier alpha value is -1.81. The average molecular weight is 375 g/mol. The second-order valence-electron chi connectivity index (χ2n) is 4.76. The van der Waals surface area contributed by atoms with E-state index in [0.29, 0.717) is 0 Å². The number of carbonyl (C=O) groups is 1. The Balaban J connectivity index is 2.08. The molecule has 0 aromatic carbocycles. The van der Waals surface area contributed by atoms with Gasteiger partial charge < -0.3 is 20.7 Å². The predicted octanol–water partition coefficient (Wildman–Crippen LogP) is -2.56. The van der Waals surface area contributed by atoms with E-state index in [1.54, 1.807) is 0 Å². The van der Waals surface area contributed by atoms with Crippen LogP contribution in [0.2, 0.25) is 0 Å². The number of hydrogen-bond donors (Lipinski definition) is 4. The number of aliphatic hydroxyl groups is 2. The summed E-state index contributed by atoms with van der Waals surface area (Å²) in [6.07, 6.45) is -5.33. The van der Waals surface area contributed by atoms with Crippen LogP contribution < -0.4 is 10.5 Å². The minimum absolute atomic E-state index is 0.415. The maximum Gasteiger partial charge on any atom is 0.511 e. The van der Waals surface area contributed by atoms with Crippen LogP contribution in [-0.4, -0.2) is 69.7 Å². The summed E-state index contributed by atoms with van der Waals surface area (Å²) >= 11 is 0. The van der Waals surface area contributed by atoms with Crippen LogP contribution in [0.1, 0.15) is 16.8 Å². The van der Waals surface area contributed by atoms with E-state index in [1.165, 1.54) is 4.72 Å². The third-order valence-electron chi connectivity index (χ3n) is 3.11. The number of ether oxygens (including phenoxy) is 1. The van der Waals surface area contributed by atoms with E-state index in [1.807, 2.05) is 0 Å². The van der Waals surface area contributed by atoms with E-state index in [4.69, 9.17) is 10.5 Å². The number of nitrogens with one attached hydrogen (secondary N) is 1. The van der Waals surface area contributed by atoms with Gasteiger partial charge in [-0.25, -0.2) is 22.8 Å². The van der Waals surface area contributed by atoms with Gasteiger partial charge in [0.05, 0.1) is 0 Å². The number of hydrogen-bond acceptors (Lipinski definition) is 8. The highest BCUT2D eigenvalue weighted by Gasteiger charge is 2.49. The summed E-state index contributed by atoms with van der Waals surface area (Å²) in [5, 5.41) is 23.2. The summed E-state index contributed by atoms with van der Waals surface area (Å²) in [5.41, 5.74) is -0.593. The first-order chi connectivity index (χ1) is 10.9. The maximum atomic E-state index is 12.2. The van der Waals surface area contributed by atoms with Crippen LogP contribution in [0.15, 0.2) is 6.33 Å². The average Bonchev–Trinajstić information content (AvgIpc) is 3.03. The summed E-state index contributed by atoms with van der Waals surface area (Å²) < 4.78 is 65.7. The van der Waals surface area contributed by atoms with Gasteiger partial charge in [-0.1, -0.05) is 0 Å². The van der Waals surface area contributed by atoms with E-state index >= 15 is 0 Å². The molecule has 1 amide bonds. The van der Waals surface area contributed by atoms with E-state index in [2.05, 4.69) is 10.1 Å². The number of sulfonamides is 1. The first kappa shape index (κ1) is 18.5. The molecular weight excluding hydrogens is 363 g/mol. The third-order valence-corrected chi connectivity index (χ3v) is 4.26. The minimum atomic E-state index is -5.63. The lowest BCUT2D eigenvalue weighted by atomic mass is 10.1. The van der Waals surface area contributed by atoms with E-state index < -0.39 is 58.3 Å². The van der Waals surface area contributed by atoms with Gasteiger partial charge in [0.25, 0.3) is 5.91 Å². The fourth-order valence-corrected chi connectivity index (χ4v) is 2.45. The lowest BCUT2D eigenvalue weighted by molar-refractivity contribution is -0.0490. The van der Waals surface area contributed by atoms with E-state index in [-0.39, 0.29) is 0 Å². The predicted molar refractivity (Wildman–Crippen MR) is 67.4 cm³/mol. The zero-order valence-corrected chi connectivity index (χ0v) is 12.4. The molecule has 1 aliphatic rings. The van der Waals surface area contributed by atoms with E-state index in [9.17, 15) is 36.6 Å². The van der Waals surface area contributed by atoms with Gasteiger partial charge in [0.1, 0.15) is 24.6 Å². The number of nitrogens with two attached hydrogens (primary N) is 1. The summed E-state index contributed by atoms with van der Waals surface area (Å²) in [6.45, 7) is -0.950. The molecule has 0 aliphatic carbocycles. The standard InChI is InChI=1S/C9H12F3N5O6S/c10-9(11,12)24(21,22)15-1-3-4(18)5(19)8(23-3)17-2-14-7(16-17)6(13)20/h2-5,8,15,18-19H,1H2,(H2,13,20)/t3-,4-,5-,8-/m1/s1. The normalized spacial score (nSPS) is 28.2. The highest BCUT2D eigenvalue weighted by molar-refractivity contribution is 7.90. The molecule has 5 N–H and O–H groups in total. The van der Waals surface area contributed by atoms with Gasteiger partial charge in [-0.15, -0.1) is 5.10 Å². The van der Waals surface area contributed by atoms with Crippen molar-refractivity contribution in [1.29, 1.82) is 0 Å². The van der Waals surface area contributed by atoms with Crippen LogP contribution in [0, 0.1) is 0 Å². The fourth-order valence-electron chi connectivity index (χ4n) is 1.90. The monoisotopic (exact) mass is 375 g/mol. The Kier molecular flexibility index (Phi) is 4.82. The van der Waals surface area contributed by atoms with Crippen molar-refractivity contribution in [2.24, 2.45) is 5.73 Å². The second kappa shape index (κ2) is 6.25. The molecule has 15 heteroatoms. The van der Waals surface area contributed by atoms with Crippen molar-refractivity contribution in [3.63, 3.8) is 0 Å². The number of carbonyl (C=O) groups excluding carboxylic acids is 1. The smallest absolute Gasteiger partial charge is 0.387 e. The number of halogens is 3. The van der Waals surface area contributed by atoms with Crippen molar-refractivity contribution in [1.82, 2.24) is 19.5 Å².